The van der Waals surface area contributed by atoms with E-state index in [4.69, 9.17) is 27.9 Å². The highest BCUT2D eigenvalue weighted by Gasteiger charge is 2.31. The lowest BCUT2D eigenvalue weighted by Gasteiger charge is -2.20. The topological polar surface area (TPSA) is 51.2 Å². The van der Waals surface area contributed by atoms with Crippen LogP contribution in [0.25, 0.3) is 0 Å². The number of rotatable bonds is 3. The summed E-state index contributed by atoms with van der Waals surface area (Å²) in [5.41, 5.74) is 1.41. The first-order valence-corrected chi connectivity index (χ1v) is 7.68. The first kappa shape index (κ1) is 15.3. The molecule has 1 aromatic carbocycles. The minimum Gasteiger partial charge on any atom is -0.371 e. The molecule has 2 atom stereocenters. The summed E-state index contributed by atoms with van der Waals surface area (Å²) in [6, 6.07) is 8.96. The summed E-state index contributed by atoms with van der Waals surface area (Å²) in [6.07, 6.45) is 3.57. The molecule has 0 bridgehead atoms. The van der Waals surface area contributed by atoms with E-state index in [0.29, 0.717) is 22.2 Å². The van der Waals surface area contributed by atoms with Crippen LogP contribution in [0, 0.1) is 0 Å². The number of nitrogens with zero attached hydrogens (tertiary/aromatic N) is 1. The SMILES string of the molecule is O=C(N[C@H]1CCO[C@H]1c1ccc(Cl)cc1)c1ccncc1Cl. The van der Waals surface area contributed by atoms with E-state index < -0.39 is 0 Å². The van der Waals surface area contributed by atoms with Gasteiger partial charge < -0.3 is 10.1 Å². The molecule has 0 radical (unpaired) electrons. The Hall–Kier alpha value is -1.62. The number of ether oxygens (including phenoxy) is 1. The number of amides is 1. The van der Waals surface area contributed by atoms with Gasteiger partial charge >= 0.3 is 0 Å². The maximum Gasteiger partial charge on any atom is 0.253 e. The molecule has 22 heavy (non-hydrogen) atoms. The van der Waals surface area contributed by atoms with E-state index in [0.717, 1.165) is 12.0 Å². The molecular formula is C16H14Cl2N2O2. The van der Waals surface area contributed by atoms with Crippen LogP contribution in [-0.2, 0) is 4.74 Å². The molecule has 0 spiro atoms. The fraction of sp³-hybridized carbons (Fsp3) is 0.250. The van der Waals surface area contributed by atoms with E-state index in [1.807, 2.05) is 24.3 Å². The third kappa shape index (κ3) is 3.24. The van der Waals surface area contributed by atoms with Crippen molar-refractivity contribution < 1.29 is 9.53 Å². The second-order valence-corrected chi connectivity index (χ2v) is 5.91. The molecule has 1 saturated heterocycles. The summed E-state index contributed by atoms with van der Waals surface area (Å²) < 4.78 is 5.76. The molecule has 0 unspecified atom stereocenters. The van der Waals surface area contributed by atoms with Crippen molar-refractivity contribution in [1.82, 2.24) is 10.3 Å². The van der Waals surface area contributed by atoms with Crippen LogP contribution in [0.2, 0.25) is 10.0 Å². The van der Waals surface area contributed by atoms with Crippen molar-refractivity contribution in [2.75, 3.05) is 6.61 Å². The third-order valence-electron chi connectivity index (χ3n) is 3.62. The smallest absolute Gasteiger partial charge is 0.253 e. The molecule has 0 aliphatic carbocycles. The number of aromatic nitrogens is 1. The molecule has 6 heteroatoms. The molecule has 1 aliphatic rings. The Morgan fingerprint density at radius 1 is 1.23 bits per heavy atom. The fourth-order valence-electron chi connectivity index (χ4n) is 2.52. The van der Waals surface area contributed by atoms with Gasteiger partial charge in [0.2, 0.25) is 0 Å². The van der Waals surface area contributed by atoms with E-state index >= 15 is 0 Å². The minimum atomic E-state index is -0.220. The lowest BCUT2D eigenvalue weighted by molar-refractivity contribution is 0.0821. The number of nitrogens with one attached hydrogen (secondary N) is 1. The predicted octanol–water partition coefficient (Wildman–Crippen LogP) is 3.65. The largest absolute Gasteiger partial charge is 0.371 e. The second kappa shape index (κ2) is 6.65. The van der Waals surface area contributed by atoms with Gasteiger partial charge in [0.25, 0.3) is 5.91 Å². The van der Waals surface area contributed by atoms with Gasteiger partial charge in [-0.1, -0.05) is 35.3 Å². The van der Waals surface area contributed by atoms with Gasteiger partial charge in [-0.15, -0.1) is 0 Å². The van der Waals surface area contributed by atoms with Gasteiger partial charge in [0.1, 0.15) is 6.10 Å². The number of hydrogen-bond acceptors (Lipinski definition) is 3. The number of halogens is 2. The zero-order valence-corrected chi connectivity index (χ0v) is 13.1. The second-order valence-electron chi connectivity index (χ2n) is 5.07. The molecule has 0 saturated carbocycles. The van der Waals surface area contributed by atoms with Crippen LogP contribution in [-0.4, -0.2) is 23.5 Å². The zero-order chi connectivity index (χ0) is 15.5. The Kier molecular flexibility index (Phi) is 4.62. The number of pyridine rings is 1. The third-order valence-corrected chi connectivity index (χ3v) is 4.18. The van der Waals surface area contributed by atoms with Gasteiger partial charge in [0.15, 0.2) is 0 Å². The summed E-state index contributed by atoms with van der Waals surface area (Å²) in [6.45, 7) is 0.600. The van der Waals surface area contributed by atoms with Crippen molar-refractivity contribution in [1.29, 1.82) is 0 Å². The molecule has 4 nitrogen and oxygen atoms in total. The summed E-state index contributed by atoms with van der Waals surface area (Å²) >= 11 is 11.9. The van der Waals surface area contributed by atoms with Crippen LogP contribution in [0.4, 0.5) is 0 Å². The lowest BCUT2D eigenvalue weighted by Crippen LogP contribution is -2.37. The highest BCUT2D eigenvalue weighted by atomic mass is 35.5. The van der Waals surface area contributed by atoms with Crippen molar-refractivity contribution in [2.24, 2.45) is 0 Å². The van der Waals surface area contributed by atoms with Gasteiger partial charge in [0, 0.05) is 24.0 Å². The summed E-state index contributed by atoms with van der Waals surface area (Å²) in [7, 11) is 0. The van der Waals surface area contributed by atoms with E-state index in [2.05, 4.69) is 10.3 Å². The summed E-state index contributed by atoms with van der Waals surface area (Å²) in [4.78, 5) is 16.2. The van der Waals surface area contributed by atoms with Gasteiger partial charge in [-0.25, -0.2) is 0 Å². The Morgan fingerprint density at radius 3 is 2.73 bits per heavy atom. The molecule has 1 aliphatic heterocycles. The van der Waals surface area contributed by atoms with Gasteiger partial charge in [-0.3, -0.25) is 9.78 Å². The van der Waals surface area contributed by atoms with E-state index in [9.17, 15) is 4.79 Å². The van der Waals surface area contributed by atoms with Gasteiger partial charge in [0.05, 0.1) is 16.6 Å². The van der Waals surface area contributed by atoms with E-state index in [1.54, 1.807) is 12.3 Å². The number of benzene rings is 1. The molecule has 1 fully saturated rings. The Labute approximate surface area is 138 Å². The molecule has 1 aromatic heterocycles. The predicted molar refractivity (Wildman–Crippen MR) is 85.3 cm³/mol. The van der Waals surface area contributed by atoms with Crippen LogP contribution in [0.15, 0.2) is 42.7 Å². The van der Waals surface area contributed by atoms with Crippen molar-refractivity contribution in [3.63, 3.8) is 0 Å². The minimum absolute atomic E-state index is 0.0992. The maximum absolute atomic E-state index is 12.4. The van der Waals surface area contributed by atoms with Crippen molar-refractivity contribution in [3.05, 3.63) is 63.9 Å². The standard InChI is InChI=1S/C16H14Cl2N2O2/c17-11-3-1-10(2-4-11)15-14(6-8-22-15)20-16(21)12-5-7-19-9-13(12)18/h1-5,7,9,14-15H,6,8H2,(H,20,21)/t14-,15-/m0/s1. The highest BCUT2D eigenvalue weighted by molar-refractivity contribution is 6.33. The normalized spacial score (nSPS) is 20.8. The van der Waals surface area contributed by atoms with Crippen molar-refractivity contribution in [3.8, 4) is 0 Å². The van der Waals surface area contributed by atoms with Crippen molar-refractivity contribution >= 4 is 29.1 Å². The number of carbonyl (C=O) groups excluding carboxylic acids is 1. The van der Waals surface area contributed by atoms with E-state index in [1.165, 1.54) is 6.20 Å². The zero-order valence-electron chi connectivity index (χ0n) is 11.6. The van der Waals surface area contributed by atoms with Crippen LogP contribution in [0.3, 0.4) is 0 Å². The van der Waals surface area contributed by atoms with Crippen LogP contribution in [0.5, 0.6) is 0 Å². The highest BCUT2D eigenvalue weighted by Crippen LogP contribution is 2.30. The Morgan fingerprint density at radius 2 is 2.00 bits per heavy atom. The summed E-state index contributed by atoms with van der Waals surface area (Å²) in [5, 5.41) is 4.00. The van der Waals surface area contributed by atoms with Crippen molar-refractivity contribution in [2.45, 2.75) is 18.6 Å². The molecule has 2 heterocycles. The average Bonchev–Trinajstić information content (AvgIpc) is 2.96. The molecular weight excluding hydrogens is 323 g/mol. The first-order valence-electron chi connectivity index (χ1n) is 6.92. The lowest BCUT2D eigenvalue weighted by atomic mass is 10.0. The first-order chi connectivity index (χ1) is 10.6. The molecule has 3 rings (SSSR count). The fourth-order valence-corrected chi connectivity index (χ4v) is 2.85. The van der Waals surface area contributed by atoms with E-state index in [-0.39, 0.29) is 18.1 Å². The Bertz CT molecular complexity index is 676. The summed E-state index contributed by atoms with van der Waals surface area (Å²) in [5.74, 6) is -0.220. The maximum atomic E-state index is 12.4. The molecule has 1 N–H and O–H groups in total. The van der Waals surface area contributed by atoms with Crippen LogP contribution in [0.1, 0.15) is 28.4 Å². The Balaban J connectivity index is 1.75. The number of hydrogen-bond donors (Lipinski definition) is 1. The molecule has 2 aromatic rings. The average molecular weight is 337 g/mol. The van der Waals surface area contributed by atoms with Gasteiger partial charge in [-0.2, -0.15) is 0 Å². The monoisotopic (exact) mass is 336 g/mol. The van der Waals surface area contributed by atoms with Crippen LogP contribution < -0.4 is 5.32 Å². The number of carbonyl (C=O) groups is 1. The molecule has 1 amide bonds. The molecule has 114 valence electrons. The quantitative estimate of drug-likeness (QED) is 0.930. The van der Waals surface area contributed by atoms with Crippen LogP contribution >= 0.6 is 23.2 Å². The van der Waals surface area contributed by atoms with Gasteiger partial charge in [-0.05, 0) is 30.2 Å².